The number of benzene rings is 2. The van der Waals surface area contributed by atoms with Crippen LogP contribution in [0, 0.1) is 0 Å². The van der Waals surface area contributed by atoms with Crippen LogP contribution in [0.15, 0.2) is 70.5 Å². The van der Waals surface area contributed by atoms with Gasteiger partial charge in [0, 0.05) is 6.92 Å². The molecule has 1 heterocycles. The second-order valence-corrected chi connectivity index (χ2v) is 9.41. The quantitative estimate of drug-likeness (QED) is 0.751. The lowest BCUT2D eigenvalue weighted by atomic mass is 10.1. The number of nitrogens with zero attached hydrogens (tertiary/aromatic N) is 3. The molecule has 6 heteroatoms. The van der Waals surface area contributed by atoms with Crippen molar-refractivity contribution in [3.8, 4) is 0 Å². The first-order valence-corrected chi connectivity index (χ1v) is 9.97. The molecule has 0 radical (unpaired) electrons. The van der Waals surface area contributed by atoms with Crippen LogP contribution < -0.4 is 4.78 Å². The topological polar surface area (TPSA) is 57.4 Å². The number of para-hydroxylation sites is 1. The number of hydrazone groups is 1. The zero-order valence-corrected chi connectivity index (χ0v) is 15.9. The van der Waals surface area contributed by atoms with Crippen LogP contribution in [0.1, 0.15) is 39.1 Å². The fraction of sp³-hybridized carbons (Fsp3) is 0.316. The Morgan fingerprint density at radius 2 is 1.60 bits per heavy atom. The first kappa shape index (κ1) is 17.7. The van der Waals surface area contributed by atoms with Crippen LogP contribution in [0.5, 0.6) is 0 Å². The molecule has 0 aliphatic carbocycles. The highest BCUT2D eigenvalue weighted by Gasteiger charge is 2.45. The summed E-state index contributed by atoms with van der Waals surface area (Å²) in [6.07, 6.45) is 0. The van der Waals surface area contributed by atoms with Crippen molar-refractivity contribution in [3.63, 3.8) is 0 Å². The van der Waals surface area contributed by atoms with Gasteiger partial charge in [-0.1, -0.05) is 48.5 Å². The smallest absolute Gasteiger partial charge is 0.283 e. The summed E-state index contributed by atoms with van der Waals surface area (Å²) in [5.41, 5.74) is 1.24. The van der Waals surface area contributed by atoms with Gasteiger partial charge >= 0.3 is 0 Å². The Morgan fingerprint density at radius 3 is 2.16 bits per heavy atom. The van der Waals surface area contributed by atoms with E-state index in [1.807, 2.05) is 81.4 Å². The molecule has 2 aromatic rings. The lowest BCUT2D eigenvalue weighted by Gasteiger charge is -2.34. The molecule has 0 saturated carbocycles. The molecule has 1 aliphatic heterocycles. The van der Waals surface area contributed by atoms with E-state index in [1.54, 1.807) is 11.7 Å². The minimum atomic E-state index is -2.86. The molecular formula is C19H24N3O2P. The van der Waals surface area contributed by atoms with Crippen LogP contribution in [0.2, 0.25) is 0 Å². The predicted molar refractivity (Wildman–Crippen MR) is 104 cm³/mol. The molecule has 0 amide bonds. The Hall–Kier alpha value is -2.10. The second kappa shape index (κ2) is 6.66. The van der Waals surface area contributed by atoms with Crippen LogP contribution >= 0.6 is 7.43 Å². The number of hydrogen-bond donors (Lipinski definition) is 1. The molecule has 0 saturated heterocycles. The molecule has 2 atom stereocenters. The molecule has 25 heavy (non-hydrogen) atoms. The van der Waals surface area contributed by atoms with E-state index in [2.05, 4.69) is 5.10 Å². The van der Waals surface area contributed by atoms with E-state index in [0.717, 1.165) is 11.3 Å². The number of aliphatic hydroxyl groups excluding tert-OH is 1. The molecule has 2 aromatic carbocycles. The van der Waals surface area contributed by atoms with Gasteiger partial charge in [0.15, 0.2) is 5.85 Å². The van der Waals surface area contributed by atoms with Gasteiger partial charge in [-0.15, -0.1) is 5.10 Å². The minimum Gasteiger partial charge on any atom is -0.424 e. The van der Waals surface area contributed by atoms with Crippen LogP contribution in [0.25, 0.3) is 0 Å². The Balaban J connectivity index is 2.20. The van der Waals surface area contributed by atoms with Crippen LogP contribution in [0.4, 0.5) is 5.69 Å². The highest BCUT2D eigenvalue weighted by atomic mass is 31.2. The van der Waals surface area contributed by atoms with Gasteiger partial charge in [-0.2, -0.15) is 4.78 Å². The first-order chi connectivity index (χ1) is 11.8. The summed E-state index contributed by atoms with van der Waals surface area (Å²) in [6, 6.07) is 19.3. The fourth-order valence-electron chi connectivity index (χ4n) is 2.75. The van der Waals surface area contributed by atoms with Crippen LogP contribution in [-0.4, -0.2) is 16.5 Å². The summed E-state index contributed by atoms with van der Waals surface area (Å²) >= 11 is 0. The molecule has 0 spiro atoms. The van der Waals surface area contributed by atoms with Crippen molar-refractivity contribution in [3.05, 3.63) is 66.2 Å². The van der Waals surface area contributed by atoms with Gasteiger partial charge in [-0.3, -0.25) is 0 Å². The number of aliphatic hydroxyl groups is 1. The monoisotopic (exact) mass is 357 g/mol. The van der Waals surface area contributed by atoms with E-state index >= 15 is 0 Å². The molecule has 2 unspecified atom stereocenters. The maximum absolute atomic E-state index is 11.3. The fourth-order valence-corrected chi connectivity index (χ4v) is 5.94. The highest BCUT2D eigenvalue weighted by molar-refractivity contribution is 7.64. The molecule has 1 N–H and O–H groups in total. The Bertz CT molecular complexity index is 814. The minimum absolute atomic E-state index is 0.392. The summed E-state index contributed by atoms with van der Waals surface area (Å²) in [4.78, 5) is 0. The van der Waals surface area contributed by atoms with Crippen molar-refractivity contribution < 1.29 is 9.63 Å². The molecular weight excluding hydrogens is 333 g/mol. The summed E-state index contributed by atoms with van der Waals surface area (Å²) in [7, 11) is -2.86. The van der Waals surface area contributed by atoms with Crippen molar-refractivity contribution in [1.82, 2.24) is 0 Å². The molecule has 0 bridgehead atoms. The molecule has 0 fully saturated rings. The Morgan fingerprint density at radius 1 is 1.04 bits per heavy atom. The van der Waals surface area contributed by atoms with Crippen molar-refractivity contribution >= 4 is 19.0 Å². The zero-order valence-electron chi connectivity index (χ0n) is 15.0. The lowest BCUT2D eigenvalue weighted by molar-refractivity contribution is 0.248. The SMILES string of the molecule is CC1=NN(c2ccccc2)P(=NC(C)(C)C)(C(O)c2ccccc2)O1. The van der Waals surface area contributed by atoms with Crippen molar-refractivity contribution in [2.45, 2.75) is 39.1 Å². The van der Waals surface area contributed by atoms with Gasteiger partial charge in [0.2, 0.25) is 5.90 Å². The average molecular weight is 357 g/mol. The second-order valence-electron chi connectivity index (χ2n) is 6.98. The Kier molecular flexibility index (Phi) is 4.72. The van der Waals surface area contributed by atoms with E-state index in [9.17, 15) is 5.11 Å². The van der Waals surface area contributed by atoms with E-state index in [1.165, 1.54) is 0 Å². The molecule has 5 nitrogen and oxygen atoms in total. The van der Waals surface area contributed by atoms with Crippen molar-refractivity contribution in [2.24, 2.45) is 9.85 Å². The van der Waals surface area contributed by atoms with Gasteiger partial charge < -0.3 is 9.63 Å². The third kappa shape index (κ3) is 3.63. The molecule has 3 rings (SSSR count). The van der Waals surface area contributed by atoms with Gasteiger partial charge in [-0.05, 0) is 38.5 Å². The molecule has 0 aromatic heterocycles. The van der Waals surface area contributed by atoms with Crippen molar-refractivity contribution in [1.29, 1.82) is 0 Å². The number of anilines is 1. The summed E-state index contributed by atoms with van der Waals surface area (Å²) in [5.74, 6) is -0.380. The van der Waals surface area contributed by atoms with Gasteiger partial charge in [0.25, 0.3) is 7.43 Å². The van der Waals surface area contributed by atoms with E-state index in [4.69, 9.17) is 9.27 Å². The van der Waals surface area contributed by atoms with E-state index in [0.29, 0.717) is 5.90 Å². The highest BCUT2D eigenvalue weighted by Crippen LogP contribution is 2.69. The molecule has 1 aliphatic rings. The lowest BCUT2D eigenvalue weighted by Crippen LogP contribution is -2.19. The van der Waals surface area contributed by atoms with Gasteiger partial charge in [-0.25, -0.2) is 4.74 Å². The standard InChI is InChI=1S/C19H24N3O2P/c1-15-20-22(17-13-9-6-10-14-17)25(24-15,21-19(2,3)4)18(23)16-11-7-5-8-12-16/h5-14,18,23H,1-4H3. The average Bonchev–Trinajstić information content (AvgIpc) is 2.91. The van der Waals surface area contributed by atoms with Crippen LogP contribution in [-0.2, 0) is 4.52 Å². The van der Waals surface area contributed by atoms with E-state index < -0.39 is 18.8 Å². The molecule has 132 valence electrons. The predicted octanol–water partition coefficient (Wildman–Crippen LogP) is 5.38. The van der Waals surface area contributed by atoms with Crippen molar-refractivity contribution in [2.75, 3.05) is 4.78 Å². The largest absolute Gasteiger partial charge is 0.424 e. The van der Waals surface area contributed by atoms with Crippen LogP contribution in [0.3, 0.4) is 0 Å². The number of rotatable bonds is 3. The third-order valence-corrected chi connectivity index (χ3v) is 6.84. The number of hydrogen-bond acceptors (Lipinski definition) is 4. The normalized spacial score (nSPS) is 21.5. The summed E-state index contributed by atoms with van der Waals surface area (Å²) in [5, 5.41) is 15.9. The Labute approximate surface area is 149 Å². The first-order valence-electron chi connectivity index (χ1n) is 8.28. The maximum Gasteiger partial charge on any atom is 0.283 e. The summed E-state index contributed by atoms with van der Waals surface area (Å²) in [6.45, 7) is 7.82. The van der Waals surface area contributed by atoms with Gasteiger partial charge in [0.05, 0.1) is 11.2 Å². The third-order valence-electron chi connectivity index (χ3n) is 3.62. The van der Waals surface area contributed by atoms with E-state index in [-0.39, 0.29) is 0 Å². The van der Waals surface area contributed by atoms with Gasteiger partial charge in [0.1, 0.15) is 0 Å². The maximum atomic E-state index is 11.3. The zero-order chi connectivity index (χ0) is 18.1. The summed E-state index contributed by atoms with van der Waals surface area (Å²) < 4.78 is 12.9.